The van der Waals surface area contributed by atoms with E-state index in [1.54, 1.807) is 55.5 Å². The van der Waals surface area contributed by atoms with Crippen LogP contribution in [0.1, 0.15) is 18.5 Å². The van der Waals surface area contributed by atoms with Crippen molar-refractivity contribution in [3.05, 3.63) is 84.4 Å². The number of nitrogens with one attached hydrogen (secondary N) is 1. The Morgan fingerprint density at radius 2 is 1.41 bits per heavy atom. The number of hydrogen-bond donors (Lipinski definition) is 1. The van der Waals surface area contributed by atoms with Gasteiger partial charge in [-0.3, -0.25) is 9.10 Å². The van der Waals surface area contributed by atoms with Crippen LogP contribution in [0.2, 0.25) is 0 Å². The number of rotatable bonds is 9. The van der Waals surface area contributed by atoms with E-state index in [1.807, 2.05) is 18.2 Å². The zero-order chi connectivity index (χ0) is 24.9. The average Bonchev–Trinajstić information content (AvgIpc) is 2.77. The van der Waals surface area contributed by atoms with Crippen molar-refractivity contribution in [3.8, 4) is 11.5 Å². The van der Waals surface area contributed by atoms with Crippen molar-refractivity contribution >= 4 is 31.5 Å². The summed E-state index contributed by atoms with van der Waals surface area (Å²) in [5.74, 6) is 0.668. The maximum Gasteiger partial charge on any atom is 0.241 e. The zero-order valence-corrected chi connectivity index (χ0v) is 20.6. The third kappa shape index (κ3) is 6.82. The molecule has 0 aliphatic rings. The van der Waals surface area contributed by atoms with E-state index >= 15 is 0 Å². The lowest BCUT2D eigenvalue weighted by Crippen LogP contribution is -2.41. The van der Waals surface area contributed by atoms with Crippen molar-refractivity contribution in [3.63, 3.8) is 0 Å². The SMILES string of the molecule is C[C@@H](NC(=O)CN(c1ccc(Oc2ccccc2)cc1)S(C)(=O)=O)c1ccc(S(C)(=O)=O)cc1. The van der Waals surface area contributed by atoms with Crippen molar-refractivity contribution in [1.82, 2.24) is 5.32 Å². The van der Waals surface area contributed by atoms with Crippen LogP contribution in [0.15, 0.2) is 83.8 Å². The Bertz CT molecular complexity index is 1340. The van der Waals surface area contributed by atoms with Crippen molar-refractivity contribution in [1.29, 1.82) is 0 Å². The predicted molar refractivity (Wildman–Crippen MR) is 131 cm³/mol. The smallest absolute Gasteiger partial charge is 0.241 e. The molecule has 0 bridgehead atoms. The van der Waals surface area contributed by atoms with E-state index in [1.165, 1.54) is 12.1 Å². The molecule has 8 nitrogen and oxygen atoms in total. The summed E-state index contributed by atoms with van der Waals surface area (Å²) in [5, 5.41) is 2.75. The fourth-order valence-electron chi connectivity index (χ4n) is 3.21. The van der Waals surface area contributed by atoms with Crippen LogP contribution in [-0.2, 0) is 24.7 Å². The lowest BCUT2D eigenvalue weighted by atomic mass is 10.1. The molecule has 0 radical (unpaired) electrons. The summed E-state index contributed by atoms with van der Waals surface area (Å²) in [7, 11) is -7.06. The van der Waals surface area contributed by atoms with E-state index in [4.69, 9.17) is 4.74 Å². The van der Waals surface area contributed by atoms with Gasteiger partial charge in [0.15, 0.2) is 9.84 Å². The van der Waals surface area contributed by atoms with Gasteiger partial charge in [-0.25, -0.2) is 16.8 Å². The van der Waals surface area contributed by atoms with Gasteiger partial charge in [-0.05, 0) is 61.0 Å². The van der Waals surface area contributed by atoms with Crippen LogP contribution >= 0.6 is 0 Å². The van der Waals surface area contributed by atoms with Gasteiger partial charge in [0.05, 0.1) is 22.9 Å². The fourth-order valence-corrected chi connectivity index (χ4v) is 4.70. The third-order valence-electron chi connectivity index (χ3n) is 4.98. The second kappa shape index (κ2) is 10.3. The minimum absolute atomic E-state index is 0.178. The van der Waals surface area contributed by atoms with Crippen LogP contribution in [0.25, 0.3) is 0 Å². The molecule has 0 heterocycles. The molecule has 0 unspecified atom stereocenters. The van der Waals surface area contributed by atoms with Crippen LogP contribution in [0.5, 0.6) is 11.5 Å². The minimum atomic E-state index is -3.74. The fraction of sp³-hybridized carbons (Fsp3) is 0.208. The van der Waals surface area contributed by atoms with Crippen molar-refractivity contribution in [2.75, 3.05) is 23.4 Å². The zero-order valence-electron chi connectivity index (χ0n) is 19.0. The Morgan fingerprint density at radius 1 is 0.853 bits per heavy atom. The first kappa shape index (κ1) is 25.3. The molecule has 3 aromatic rings. The standard InChI is InChI=1S/C24H26N2O6S2/c1-18(19-9-15-23(16-10-19)33(2,28)29)25-24(27)17-26(34(3,30)31)20-11-13-22(14-12-20)32-21-7-5-4-6-8-21/h4-16,18H,17H2,1-3H3,(H,25,27)/t18-/m1/s1. The highest BCUT2D eigenvalue weighted by atomic mass is 32.2. The van der Waals surface area contributed by atoms with Crippen molar-refractivity contribution in [2.24, 2.45) is 0 Å². The van der Waals surface area contributed by atoms with E-state index in [9.17, 15) is 21.6 Å². The molecule has 3 rings (SSSR count). The molecule has 0 spiro atoms. The molecule has 180 valence electrons. The topological polar surface area (TPSA) is 110 Å². The molecular formula is C24H26N2O6S2. The maximum atomic E-state index is 12.7. The van der Waals surface area contributed by atoms with E-state index < -0.39 is 38.4 Å². The Balaban J connectivity index is 1.69. The van der Waals surface area contributed by atoms with E-state index in [0.29, 0.717) is 22.7 Å². The van der Waals surface area contributed by atoms with Gasteiger partial charge in [0.2, 0.25) is 15.9 Å². The normalized spacial score (nSPS) is 12.6. The van der Waals surface area contributed by atoms with Crippen LogP contribution < -0.4 is 14.4 Å². The van der Waals surface area contributed by atoms with Gasteiger partial charge in [0.1, 0.15) is 18.0 Å². The number of anilines is 1. The highest BCUT2D eigenvalue weighted by Crippen LogP contribution is 2.25. The number of sulfonamides is 1. The second-order valence-electron chi connectivity index (χ2n) is 7.81. The third-order valence-corrected chi connectivity index (χ3v) is 7.25. The van der Waals surface area contributed by atoms with Gasteiger partial charge < -0.3 is 10.1 Å². The van der Waals surface area contributed by atoms with Gasteiger partial charge in [-0.15, -0.1) is 0 Å². The Labute approximate surface area is 200 Å². The summed E-state index contributed by atoms with van der Waals surface area (Å²) in [6, 6.07) is 21.3. The number of para-hydroxylation sites is 1. The number of nitrogens with zero attached hydrogens (tertiary/aromatic N) is 1. The quantitative estimate of drug-likeness (QED) is 0.479. The Hall–Kier alpha value is -3.37. The number of carbonyl (C=O) groups is 1. The first-order chi connectivity index (χ1) is 15.9. The second-order valence-corrected chi connectivity index (χ2v) is 11.7. The molecule has 1 amide bonds. The van der Waals surface area contributed by atoms with Crippen molar-refractivity contribution < 1.29 is 26.4 Å². The first-order valence-electron chi connectivity index (χ1n) is 10.3. The molecule has 34 heavy (non-hydrogen) atoms. The molecule has 0 aliphatic carbocycles. The molecule has 0 aliphatic heterocycles. The summed E-state index contributed by atoms with van der Waals surface area (Å²) in [6.45, 7) is 1.32. The highest BCUT2D eigenvalue weighted by Gasteiger charge is 2.22. The highest BCUT2D eigenvalue weighted by molar-refractivity contribution is 7.92. The summed E-state index contributed by atoms with van der Waals surface area (Å²) >= 11 is 0. The monoisotopic (exact) mass is 502 g/mol. The summed E-state index contributed by atoms with van der Waals surface area (Å²) < 4.78 is 54.7. The lowest BCUT2D eigenvalue weighted by molar-refractivity contribution is -0.120. The summed E-state index contributed by atoms with van der Waals surface area (Å²) in [4.78, 5) is 12.8. The van der Waals surface area contributed by atoms with Gasteiger partial charge in [-0.1, -0.05) is 30.3 Å². The van der Waals surface area contributed by atoms with Crippen LogP contribution in [0.3, 0.4) is 0 Å². The first-order valence-corrected chi connectivity index (χ1v) is 14.1. The average molecular weight is 503 g/mol. The molecule has 0 saturated carbocycles. The van der Waals surface area contributed by atoms with Crippen LogP contribution in [-0.4, -0.2) is 41.8 Å². The van der Waals surface area contributed by atoms with E-state index in [2.05, 4.69) is 5.32 Å². The van der Waals surface area contributed by atoms with Crippen LogP contribution in [0.4, 0.5) is 5.69 Å². The van der Waals surface area contributed by atoms with Gasteiger partial charge in [0.25, 0.3) is 0 Å². The Morgan fingerprint density at radius 3 is 1.94 bits per heavy atom. The summed E-state index contributed by atoms with van der Waals surface area (Å²) in [6.07, 6.45) is 2.15. The van der Waals surface area contributed by atoms with Crippen molar-refractivity contribution in [2.45, 2.75) is 17.9 Å². The number of hydrogen-bond acceptors (Lipinski definition) is 6. The lowest BCUT2D eigenvalue weighted by Gasteiger charge is -2.23. The predicted octanol–water partition coefficient (Wildman–Crippen LogP) is 3.53. The van der Waals surface area contributed by atoms with Crippen LogP contribution in [0, 0.1) is 0 Å². The number of carbonyl (C=O) groups excluding carboxylic acids is 1. The molecule has 3 aromatic carbocycles. The molecule has 0 aromatic heterocycles. The molecule has 10 heteroatoms. The number of benzene rings is 3. The van der Waals surface area contributed by atoms with E-state index in [0.717, 1.165) is 16.8 Å². The summed E-state index contributed by atoms with van der Waals surface area (Å²) in [5.41, 5.74) is 1.01. The number of ether oxygens (including phenoxy) is 1. The number of sulfone groups is 1. The van der Waals surface area contributed by atoms with Gasteiger partial charge in [-0.2, -0.15) is 0 Å². The van der Waals surface area contributed by atoms with Gasteiger partial charge in [0, 0.05) is 6.26 Å². The van der Waals surface area contributed by atoms with Gasteiger partial charge >= 0.3 is 0 Å². The molecule has 1 N–H and O–H groups in total. The molecule has 1 atom stereocenters. The molecule has 0 saturated heterocycles. The minimum Gasteiger partial charge on any atom is -0.457 e. The molecule has 0 fully saturated rings. The number of amides is 1. The molecular weight excluding hydrogens is 476 g/mol. The van der Waals surface area contributed by atoms with E-state index in [-0.39, 0.29) is 4.90 Å². The maximum absolute atomic E-state index is 12.7. The largest absolute Gasteiger partial charge is 0.457 e. The Kier molecular flexibility index (Phi) is 7.63.